The molecule has 0 amide bonds. The lowest BCUT2D eigenvalue weighted by atomic mass is 10.0. The fourth-order valence-corrected chi connectivity index (χ4v) is 1.54. The summed E-state index contributed by atoms with van der Waals surface area (Å²) < 4.78 is 30.8. The van der Waals surface area contributed by atoms with E-state index in [0.717, 1.165) is 4.31 Å². The Kier molecular flexibility index (Phi) is 5.68. The predicted molar refractivity (Wildman–Crippen MR) is 57.7 cm³/mol. The molecule has 0 aliphatic carbocycles. The first-order valence-corrected chi connectivity index (χ1v) is 6.04. The van der Waals surface area contributed by atoms with Crippen LogP contribution < -0.4 is 4.72 Å². The number of aliphatic hydroxyl groups is 1. The number of rotatable bonds is 7. The minimum atomic E-state index is -3.47. The largest absolute Gasteiger partial charge is 0.389 e. The molecule has 1 unspecified atom stereocenters. The maximum Gasteiger partial charge on any atom is 0.279 e. The smallest absolute Gasteiger partial charge is 0.279 e. The summed E-state index contributed by atoms with van der Waals surface area (Å²) in [6.07, 6.45) is 0.374. The second-order valence-corrected chi connectivity index (χ2v) is 5.82. The van der Waals surface area contributed by atoms with Crippen LogP contribution in [0.3, 0.4) is 0 Å². The minimum Gasteiger partial charge on any atom is -0.389 e. The first kappa shape index (κ1) is 14.8. The molecule has 0 aromatic rings. The van der Waals surface area contributed by atoms with Crippen LogP contribution in [0.5, 0.6) is 0 Å². The number of methoxy groups -OCH3 is 1. The molecule has 7 heteroatoms. The summed E-state index contributed by atoms with van der Waals surface area (Å²) in [5.74, 6) is 0. The molecule has 0 bridgehead atoms. The van der Waals surface area contributed by atoms with Crippen molar-refractivity contribution < 1.29 is 18.3 Å². The molecule has 1 atom stereocenters. The van der Waals surface area contributed by atoms with E-state index in [1.165, 1.54) is 21.2 Å². The average Bonchev–Trinajstić information content (AvgIpc) is 2.12. The van der Waals surface area contributed by atoms with Crippen LogP contribution in [0.2, 0.25) is 0 Å². The molecular weight excluding hydrogens is 220 g/mol. The Labute approximate surface area is 91.4 Å². The van der Waals surface area contributed by atoms with E-state index in [-0.39, 0.29) is 6.54 Å². The van der Waals surface area contributed by atoms with Crippen LogP contribution in [-0.4, -0.2) is 57.8 Å². The van der Waals surface area contributed by atoms with E-state index in [4.69, 9.17) is 4.74 Å². The Bertz CT molecular complexity index is 274. The van der Waals surface area contributed by atoms with Crippen molar-refractivity contribution in [1.82, 2.24) is 9.03 Å². The van der Waals surface area contributed by atoms with Crippen molar-refractivity contribution in [3.8, 4) is 0 Å². The normalized spacial score (nSPS) is 16.7. The lowest BCUT2D eigenvalue weighted by molar-refractivity contribution is 0.0289. The average molecular weight is 240 g/mol. The van der Waals surface area contributed by atoms with Crippen LogP contribution >= 0.6 is 0 Å². The van der Waals surface area contributed by atoms with E-state index in [0.29, 0.717) is 13.0 Å². The van der Waals surface area contributed by atoms with Crippen molar-refractivity contribution in [2.75, 3.05) is 34.4 Å². The SMILES string of the molecule is COCCC(C)(O)CNS(=O)(=O)N(C)C. The highest BCUT2D eigenvalue weighted by atomic mass is 32.2. The van der Waals surface area contributed by atoms with E-state index in [1.54, 1.807) is 6.92 Å². The van der Waals surface area contributed by atoms with Gasteiger partial charge in [0.25, 0.3) is 10.2 Å². The van der Waals surface area contributed by atoms with Gasteiger partial charge >= 0.3 is 0 Å². The van der Waals surface area contributed by atoms with Crippen LogP contribution in [0.25, 0.3) is 0 Å². The van der Waals surface area contributed by atoms with Gasteiger partial charge in [-0.3, -0.25) is 0 Å². The lowest BCUT2D eigenvalue weighted by Gasteiger charge is -2.24. The maximum atomic E-state index is 11.3. The fraction of sp³-hybridized carbons (Fsp3) is 1.00. The summed E-state index contributed by atoms with van der Waals surface area (Å²) in [4.78, 5) is 0. The molecule has 0 saturated carbocycles. The molecule has 0 aliphatic rings. The third-order valence-electron chi connectivity index (χ3n) is 1.96. The molecule has 0 radical (unpaired) electrons. The van der Waals surface area contributed by atoms with Gasteiger partial charge in [0.2, 0.25) is 0 Å². The summed E-state index contributed by atoms with van der Waals surface area (Å²) in [5.41, 5.74) is -1.10. The molecule has 2 N–H and O–H groups in total. The van der Waals surface area contributed by atoms with Crippen LogP contribution in [-0.2, 0) is 14.9 Å². The topological polar surface area (TPSA) is 78.9 Å². The van der Waals surface area contributed by atoms with Gasteiger partial charge in [-0.1, -0.05) is 0 Å². The molecular formula is C8H20N2O4S. The Morgan fingerprint density at radius 3 is 2.40 bits per heavy atom. The zero-order valence-corrected chi connectivity index (χ0v) is 10.5. The molecule has 0 rings (SSSR count). The summed E-state index contributed by atoms with van der Waals surface area (Å²) in [5, 5.41) is 9.77. The van der Waals surface area contributed by atoms with Crippen LogP contribution in [0.15, 0.2) is 0 Å². The number of nitrogens with zero attached hydrogens (tertiary/aromatic N) is 1. The van der Waals surface area contributed by atoms with E-state index >= 15 is 0 Å². The number of hydrogen-bond donors (Lipinski definition) is 2. The number of hydrogen-bond acceptors (Lipinski definition) is 4. The molecule has 0 aliphatic heterocycles. The van der Waals surface area contributed by atoms with Crippen LogP contribution in [0.1, 0.15) is 13.3 Å². The monoisotopic (exact) mass is 240 g/mol. The van der Waals surface area contributed by atoms with E-state index in [2.05, 4.69) is 4.72 Å². The zero-order valence-electron chi connectivity index (χ0n) is 9.65. The highest BCUT2D eigenvalue weighted by molar-refractivity contribution is 7.87. The van der Waals surface area contributed by atoms with Gasteiger partial charge in [-0.05, 0) is 6.92 Å². The zero-order chi connectivity index (χ0) is 12.1. The van der Waals surface area contributed by atoms with Crippen LogP contribution in [0.4, 0.5) is 0 Å². The molecule has 0 fully saturated rings. The molecule has 0 aromatic carbocycles. The van der Waals surface area contributed by atoms with Crippen LogP contribution in [0, 0.1) is 0 Å². The van der Waals surface area contributed by atoms with Gasteiger partial charge in [0.15, 0.2) is 0 Å². The summed E-state index contributed by atoms with van der Waals surface area (Å²) in [6.45, 7) is 1.91. The van der Waals surface area contributed by atoms with Crippen molar-refractivity contribution in [3.05, 3.63) is 0 Å². The van der Waals surface area contributed by atoms with Gasteiger partial charge in [-0.25, -0.2) is 0 Å². The summed E-state index contributed by atoms with van der Waals surface area (Å²) in [7, 11) is 0.900. The Hall–Kier alpha value is -0.210. The van der Waals surface area contributed by atoms with Crippen molar-refractivity contribution in [2.24, 2.45) is 0 Å². The summed E-state index contributed by atoms with van der Waals surface area (Å²) >= 11 is 0. The second kappa shape index (κ2) is 5.76. The summed E-state index contributed by atoms with van der Waals surface area (Å²) in [6, 6.07) is 0. The van der Waals surface area contributed by atoms with Crippen molar-refractivity contribution in [1.29, 1.82) is 0 Å². The van der Waals surface area contributed by atoms with Gasteiger partial charge in [-0.15, -0.1) is 0 Å². The Morgan fingerprint density at radius 2 is 2.00 bits per heavy atom. The van der Waals surface area contributed by atoms with Gasteiger partial charge in [0, 0.05) is 40.8 Å². The molecule has 0 aromatic heterocycles. The standard InChI is InChI=1S/C8H20N2O4S/c1-8(11,5-6-14-4)7-9-15(12,13)10(2)3/h9,11H,5-7H2,1-4H3. The van der Waals surface area contributed by atoms with E-state index in [9.17, 15) is 13.5 Å². The predicted octanol–water partition coefficient (Wildman–Crippen LogP) is -0.830. The molecule has 92 valence electrons. The quantitative estimate of drug-likeness (QED) is 0.609. The van der Waals surface area contributed by atoms with Gasteiger partial charge < -0.3 is 9.84 Å². The van der Waals surface area contributed by atoms with E-state index < -0.39 is 15.8 Å². The van der Waals surface area contributed by atoms with Gasteiger partial charge in [0.05, 0.1) is 5.60 Å². The van der Waals surface area contributed by atoms with Gasteiger partial charge in [-0.2, -0.15) is 17.4 Å². The highest BCUT2D eigenvalue weighted by Gasteiger charge is 2.23. The van der Waals surface area contributed by atoms with Crippen molar-refractivity contribution in [3.63, 3.8) is 0 Å². The fourth-order valence-electron chi connectivity index (χ4n) is 0.786. The third-order valence-corrected chi connectivity index (χ3v) is 3.43. The molecule has 0 saturated heterocycles. The Morgan fingerprint density at radius 1 is 1.47 bits per heavy atom. The number of ether oxygens (including phenoxy) is 1. The number of nitrogens with one attached hydrogen (secondary N) is 1. The minimum absolute atomic E-state index is 0.0309. The first-order valence-electron chi connectivity index (χ1n) is 4.60. The van der Waals surface area contributed by atoms with Gasteiger partial charge in [0.1, 0.15) is 0 Å². The molecule has 15 heavy (non-hydrogen) atoms. The molecule has 0 spiro atoms. The highest BCUT2D eigenvalue weighted by Crippen LogP contribution is 2.08. The first-order chi connectivity index (χ1) is 6.71. The maximum absolute atomic E-state index is 11.3. The van der Waals surface area contributed by atoms with Crippen molar-refractivity contribution in [2.45, 2.75) is 18.9 Å². The third kappa shape index (κ3) is 6.06. The molecule has 6 nitrogen and oxygen atoms in total. The Balaban J connectivity index is 4.14. The second-order valence-electron chi connectivity index (χ2n) is 3.85. The molecule has 0 heterocycles. The van der Waals surface area contributed by atoms with E-state index in [1.807, 2.05) is 0 Å². The lowest BCUT2D eigenvalue weighted by Crippen LogP contribution is -2.45. The van der Waals surface area contributed by atoms with Crippen molar-refractivity contribution >= 4 is 10.2 Å².